The SMILES string of the molecule is COc1ccc(C2C[C@@H](CC=O)CO2)cc1. The van der Waals surface area contributed by atoms with Crippen molar-refractivity contribution in [3.05, 3.63) is 29.8 Å². The Morgan fingerprint density at radius 1 is 1.44 bits per heavy atom. The molecule has 1 saturated heterocycles. The summed E-state index contributed by atoms with van der Waals surface area (Å²) < 4.78 is 10.8. The highest BCUT2D eigenvalue weighted by Gasteiger charge is 2.26. The van der Waals surface area contributed by atoms with Crippen molar-refractivity contribution in [3.8, 4) is 5.75 Å². The number of hydrogen-bond donors (Lipinski definition) is 0. The van der Waals surface area contributed by atoms with Gasteiger partial charge in [-0.2, -0.15) is 0 Å². The third-order valence-electron chi connectivity index (χ3n) is 3.00. The predicted molar refractivity (Wildman–Crippen MR) is 60.5 cm³/mol. The molecule has 1 heterocycles. The molecule has 86 valence electrons. The monoisotopic (exact) mass is 220 g/mol. The third-order valence-corrected chi connectivity index (χ3v) is 3.00. The lowest BCUT2D eigenvalue weighted by Crippen LogP contribution is -1.98. The summed E-state index contributed by atoms with van der Waals surface area (Å²) in [6.07, 6.45) is 2.65. The number of hydrogen-bond acceptors (Lipinski definition) is 3. The molecular formula is C13H16O3. The van der Waals surface area contributed by atoms with Crippen molar-refractivity contribution in [2.75, 3.05) is 13.7 Å². The first-order chi connectivity index (χ1) is 7.83. The molecule has 1 aromatic rings. The summed E-state index contributed by atoms with van der Waals surface area (Å²) in [7, 11) is 1.65. The molecule has 0 N–H and O–H groups in total. The maximum Gasteiger partial charge on any atom is 0.120 e. The van der Waals surface area contributed by atoms with Gasteiger partial charge in [-0.05, 0) is 30.0 Å². The second kappa shape index (κ2) is 5.12. The van der Waals surface area contributed by atoms with Crippen molar-refractivity contribution in [3.63, 3.8) is 0 Å². The van der Waals surface area contributed by atoms with Crippen LogP contribution in [0.2, 0.25) is 0 Å². The van der Waals surface area contributed by atoms with E-state index < -0.39 is 0 Å². The van der Waals surface area contributed by atoms with Gasteiger partial charge in [0.05, 0.1) is 19.8 Å². The second-order valence-electron chi connectivity index (χ2n) is 4.10. The van der Waals surface area contributed by atoms with E-state index in [9.17, 15) is 4.79 Å². The Labute approximate surface area is 95.4 Å². The van der Waals surface area contributed by atoms with Crippen LogP contribution in [0.15, 0.2) is 24.3 Å². The number of ether oxygens (including phenoxy) is 2. The van der Waals surface area contributed by atoms with Gasteiger partial charge in [-0.3, -0.25) is 0 Å². The van der Waals surface area contributed by atoms with E-state index in [-0.39, 0.29) is 6.10 Å². The van der Waals surface area contributed by atoms with Gasteiger partial charge in [0.25, 0.3) is 0 Å². The van der Waals surface area contributed by atoms with Gasteiger partial charge in [0.15, 0.2) is 0 Å². The highest BCUT2D eigenvalue weighted by Crippen LogP contribution is 2.34. The zero-order valence-corrected chi connectivity index (χ0v) is 9.39. The summed E-state index contributed by atoms with van der Waals surface area (Å²) >= 11 is 0. The zero-order valence-electron chi connectivity index (χ0n) is 9.39. The van der Waals surface area contributed by atoms with Crippen LogP contribution < -0.4 is 4.74 Å². The van der Waals surface area contributed by atoms with Gasteiger partial charge in [-0.15, -0.1) is 0 Å². The molecule has 3 nitrogen and oxygen atoms in total. The van der Waals surface area contributed by atoms with Crippen LogP contribution in [0.3, 0.4) is 0 Å². The lowest BCUT2D eigenvalue weighted by atomic mass is 9.98. The quantitative estimate of drug-likeness (QED) is 0.731. The van der Waals surface area contributed by atoms with E-state index in [1.54, 1.807) is 7.11 Å². The first kappa shape index (κ1) is 11.1. The maximum absolute atomic E-state index is 10.4. The lowest BCUT2D eigenvalue weighted by Gasteiger charge is -2.10. The Morgan fingerprint density at radius 2 is 2.19 bits per heavy atom. The lowest BCUT2D eigenvalue weighted by molar-refractivity contribution is -0.108. The van der Waals surface area contributed by atoms with Crippen LogP contribution in [0.1, 0.15) is 24.5 Å². The van der Waals surface area contributed by atoms with E-state index in [0.717, 1.165) is 24.0 Å². The number of methoxy groups -OCH3 is 1. The van der Waals surface area contributed by atoms with Crippen LogP contribution in [0.4, 0.5) is 0 Å². The second-order valence-corrected chi connectivity index (χ2v) is 4.10. The Hall–Kier alpha value is -1.35. The van der Waals surface area contributed by atoms with Gasteiger partial charge in [-0.1, -0.05) is 12.1 Å². The topological polar surface area (TPSA) is 35.5 Å². The average Bonchev–Trinajstić information content (AvgIpc) is 2.78. The zero-order chi connectivity index (χ0) is 11.4. The molecule has 0 saturated carbocycles. The molecular weight excluding hydrogens is 204 g/mol. The van der Waals surface area contributed by atoms with Crippen LogP contribution in [-0.4, -0.2) is 20.0 Å². The van der Waals surface area contributed by atoms with Gasteiger partial charge < -0.3 is 14.3 Å². The fraction of sp³-hybridized carbons (Fsp3) is 0.462. The molecule has 0 bridgehead atoms. The van der Waals surface area contributed by atoms with Gasteiger partial charge in [0.1, 0.15) is 12.0 Å². The molecule has 1 fully saturated rings. The minimum atomic E-state index is 0.135. The smallest absolute Gasteiger partial charge is 0.120 e. The molecule has 1 aliphatic heterocycles. The number of benzene rings is 1. The molecule has 1 unspecified atom stereocenters. The van der Waals surface area contributed by atoms with Crippen molar-refractivity contribution in [1.29, 1.82) is 0 Å². The molecule has 0 aromatic heterocycles. The van der Waals surface area contributed by atoms with Gasteiger partial charge in [0, 0.05) is 6.42 Å². The summed E-state index contributed by atoms with van der Waals surface area (Å²) in [5, 5.41) is 0. The van der Waals surface area contributed by atoms with Gasteiger partial charge >= 0.3 is 0 Å². The average molecular weight is 220 g/mol. The maximum atomic E-state index is 10.4. The fourth-order valence-electron chi connectivity index (χ4n) is 2.04. The van der Waals surface area contributed by atoms with Crippen molar-refractivity contribution < 1.29 is 14.3 Å². The van der Waals surface area contributed by atoms with Crippen LogP contribution in [0, 0.1) is 5.92 Å². The molecule has 1 aromatic carbocycles. The number of rotatable bonds is 4. The minimum absolute atomic E-state index is 0.135. The summed E-state index contributed by atoms with van der Waals surface area (Å²) in [5.41, 5.74) is 1.16. The molecule has 16 heavy (non-hydrogen) atoms. The molecule has 0 spiro atoms. The van der Waals surface area contributed by atoms with E-state index in [1.165, 1.54) is 0 Å². The number of aldehydes is 1. The Morgan fingerprint density at radius 3 is 2.81 bits per heavy atom. The van der Waals surface area contributed by atoms with Crippen LogP contribution >= 0.6 is 0 Å². The summed E-state index contributed by atoms with van der Waals surface area (Å²) in [4.78, 5) is 10.4. The fourth-order valence-corrected chi connectivity index (χ4v) is 2.04. The number of carbonyl (C=O) groups is 1. The molecule has 2 atom stereocenters. The highest BCUT2D eigenvalue weighted by molar-refractivity contribution is 5.49. The summed E-state index contributed by atoms with van der Waals surface area (Å²) in [5.74, 6) is 1.23. The number of carbonyl (C=O) groups excluding carboxylic acids is 1. The Bertz CT molecular complexity index is 345. The normalized spacial score (nSPS) is 24.3. The van der Waals surface area contributed by atoms with Gasteiger partial charge in [-0.25, -0.2) is 0 Å². The Balaban J connectivity index is 2.00. The summed E-state index contributed by atoms with van der Waals surface area (Å²) in [6, 6.07) is 7.91. The van der Waals surface area contributed by atoms with Crippen molar-refractivity contribution in [2.24, 2.45) is 5.92 Å². The van der Waals surface area contributed by atoms with E-state index in [0.29, 0.717) is 18.9 Å². The summed E-state index contributed by atoms with van der Waals surface area (Å²) in [6.45, 7) is 0.690. The van der Waals surface area contributed by atoms with E-state index >= 15 is 0 Å². The largest absolute Gasteiger partial charge is 0.497 e. The highest BCUT2D eigenvalue weighted by atomic mass is 16.5. The molecule has 0 amide bonds. The molecule has 0 radical (unpaired) electrons. The van der Waals surface area contributed by atoms with E-state index in [4.69, 9.17) is 9.47 Å². The molecule has 3 heteroatoms. The standard InChI is InChI=1S/C13H16O3/c1-15-12-4-2-11(3-5-12)13-8-10(6-7-14)9-16-13/h2-5,7,10,13H,6,8-9H2,1H3/t10-,13?/m1/s1. The van der Waals surface area contributed by atoms with Crippen LogP contribution in [0.25, 0.3) is 0 Å². The minimum Gasteiger partial charge on any atom is -0.497 e. The van der Waals surface area contributed by atoms with Gasteiger partial charge in [0.2, 0.25) is 0 Å². The molecule has 0 aliphatic carbocycles. The first-order valence-electron chi connectivity index (χ1n) is 5.52. The van der Waals surface area contributed by atoms with Crippen molar-refractivity contribution >= 4 is 6.29 Å². The predicted octanol–water partition coefficient (Wildman–Crippen LogP) is 2.36. The van der Waals surface area contributed by atoms with Crippen LogP contribution in [0.5, 0.6) is 5.75 Å². The molecule has 1 aliphatic rings. The van der Waals surface area contributed by atoms with E-state index in [1.807, 2.05) is 24.3 Å². The van der Waals surface area contributed by atoms with Crippen LogP contribution in [-0.2, 0) is 9.53 Å². The molecule has 2 rings (SSSR count). The third kappa shape index (κ3) is 2.42. The first-order valence-corrected chi connectivity index (χ1v) is 5.52. The van der Waals surface area contributed by atoms with E-state index in [2.05, 4.69) is 0 Å². The van der Waals surface area contributed by atoms with Crippen molar-refractivity contribution in [1.82, 2.24) is 0 Å². The Kier molecular flexibility index (Phi) is 3.57. The van der Waals surface area contributed by atoms with Crippen molar-refractivity contribution in [2.45, 2.75) is 18.9 Å².